The molecule has 1 amide bonds. The van der Waals surface area contributed by atoms with E-state index in [4.69, 9.17) is 16.6 Å². The Bertz CT molecular complexity index is 1750. The molecule has 0 radical (unpaired) electrons. The number of amides is 1. The number of anilines is 1. The number of hydrogen-bond donors (Lipinski definition) is 1. The van der Waals surface area contributed by atoms with Crippen molar-refractivity contribution < 1.29 is 14.3 Å². The van der Waals surface area contributed by atoms with Crippen molar-refractivity contribution >= 4 is 34.5 Å². The average molecular weight is 608 g/mol. The molecular formula is C31H35ClFN7O3. The number of rotatable bonds is 5. The zero-order chi connectivity index (χ0) is 31.2. The summed E-state index contributed by atoms with van der Waals surface area (Å²) in [6, 6.07) is 7.09. The van der Waals surface area contributed by atoms with Crippen LogP contribution in [0.1, 0.15) is 52.9 Å². The number of pyridine rings is 1. The summed E-state index contributed by atoms with van der Waals surface area (Å²) in [6.45, 7) is 12.3. The van der Waals surface area contributed by atoms with Gasteiger partial charge in [0.2, 0.25) is 0 Å². The lowest BCUT2D eigenvalue weighted by atomic mass is 9.80. The zero-order valence-electron chi connectivity index (χ0n) is 25.1. The molecule has 43 heavy (non-hydrogen) atoms. The summed E-state index contributed by atoms with van der Waals surface area (Å²) in [5.41, 5.74) is 1.37. The second kappa shape index (κ2) is 11.5. The summed E-state index contributed by atoms with van der Waals surface area (Å²) >= 11 is 6.80. The van der Waals surface area contributed by atoms with E-state index in [1.165, 1.54) is 21.9 Å². The fraction of sp³-hybridized carbons (Fsp3) is 0.419. The highest BCUT2D eigenvalue weighted by Crippen LogP contribution is 2.38. The van der Waals surface area contributed by atoms with E-state index < -0.39 is 29.1 Å². The standard InChI is InChI=1S/C31H35ClFN7O3/c1-7-22-25(23(8-2)35-16-34-22)40-28-19(15-20(32)24(36-28)18-11-9-10-12-21(18)33)27(37-29(40)41)38-13-14-39(30(42)43)26(17(38)3)31(4,5)6/h9-12,15-17,26H,7-8,13-14H2,1-6H3,(H,42,43)/t17?,26-/m1/s1. The highest BCUT2D eigenvalue weighted by atomic mass is 35.5. The molecule has 0 bridgehead atoms. The van der Waals surface area contributed by atoms with Crippen molar-refractivity contribution in [2.24, 2.45) is 5.41 Å². The molecule has 0 saturated carbocycles. The summed E-state index contributed by atoms with van der Waals surface area (Å²) < 4.78 is 16.4. The van der Waals surface area contributed by atoms with Crippen molar-refractivity contribution in [2.75, 3.05) is 18.0 Å². The Labute approximate surface area is 254 Å². The number of benzene rings is 1. The van der Waals surface area contributed by atoms with E-state index in [1.807, 2.05) is 46.4 Å². The molecule has 0 spiro atoms. The molecule has 1 N–H and O–H groups in total. The number of carboxylic acid groups (broad SMARTS) is 1. The maximum Gasteiger partial charge on any atom is 0.407 e. The van der Waals surface area contributed by atoms with Crippen molar-refractivity contribution in [1.29, 1.82) is 0 Å². The lowest BCUT2D eigenvalue weighted by Gasteiger charge is -2.51. The second-order valence-corrected chi connectivity index (χ2v) is 12.2. The van der Waals surface area contributed by atoms with E-state index in [1.54, 1.807) is 24.3 Å². The van der Waals surface area contributed by atoms with Crippen LogP contribution in [0.25, 0.3) is 28.0 Å². The number of aromatic nitrogens is 5. The Morgan fingerprint density at radius 1 is 1.09 bits per heavy atom. The van der Waals surface area contributed by atoms with E-state index in [2.05, 4.69) is 15.0 Å². The van der Waals surface area contributed by atoms with Gasteiger partial charge in [-0.3, -0.25) is 0 Å². The van der Waals surface area contributed by atoms with E-state index in [0.717, 1.165) is 0 Å². The summed E-state index contributed by atoms with van der Waals surface area (Å²) in [4.78, 5) is 48.0. The van der Waals surface area contributed by atoms with Gasteiger partial charge in [-0.2, -0.15) is 4.98 Å². The molecule has 5 rings (SSSR count). The number of carbonyl (C=O) groups is 1. The van der Waals surface area contributed by atoms with E-state index in [-0.39, 0.29) is 34.5 Å². The van der Waals surface area contributed by atoms with Crippen LogP contribution >= 0.6 is 11.6 Å². The molecular weight excluding hydrogens is 573 g/mol. The summed E-state index contributed by atoms with van der Waals surface area (Å²) in [7, 11) is 0. The van der Waals surface area contributed by atoms with Gasteiger partial charge >= 0.3 is 11.8 Å². The number of piperazine rings is 1. The third-order valence-electron chi connectivity index (χ3n) is 8.07. The Morgan fingerprint density at radius 3 is 2.33 bits per heavy atom. The average Bonchev–Trinajstić information content (AvgIpc) is 2.96. The first-order chi connectivity index (χ1) is 20.4. The molecule has 4 aromatic rings. The predicted octanol–water partition coefficient (Wildman–Crippen LogP) is 5.76. The monoisotopic (exact) mass is 607 g/mol. The molecule has 0 aliphatic carbocycles. The zero-order valence-corrected chi connectivity index (χ0v) is 25.9. The molecule has 12 heteroatoms. The van der Waals surface area contributed by atoms with Gasteiger partial charge in [0.15, 0.2) is 5.65 Å². The molecule has 2 atom stereocenters. The van der Waals surface area contributed by atoms with Gasteiger partial charge in [-0.15, -0.1) is 0 Å². The second-order valence-electron chi connectivity index (χ2n) is 11.8. The minimum Gasteiger partial charge on any atom is -0.465 e. The molecule has 226 valence electrons. The largest absolute Gasteiger partial charge is 0.465 e. The fourth-order valence-electron chi connectivity index (χ4n) is 6.29. The highest BCUT2D eigenvalue weighted by Gasteiger charge is 2.44. The molecule has 1 saturated heterocycles. The van der Waals surface area contributed by atoms with Gasteiger partial charge in [-0.05, 0) is 43.4 Å². The van der Waals surface area contributed by atoms with Crippen LogP contribution in [0.15, 0.2) is 41.5 Å². The minimum atomic E-state index is -0.998. The first-order valence-corrected chi connectivity index (χ1v) is 14.7. The van der Waals surface area contributed by atoms with Gasteiger partial charge in [-0.1, -0.05) is 58.4 Å². The molecule has 1 aliphatic rings. The maximum atomic E-state index is 15.0. The van der Waals surface area contributed by atoms with Crippen LogP contribution in [0.5, 0.6) is 0 Å². The van der Waals surface area contributed by atoms with Crippen LogP contribution in [-0.2, 0) is 12.8 Å². The molecule has 3 aromatic heterocycles. The van der Waals surface area contributed by atoms with Crippen molar-refractivity contribution in [3.05, 3.63) is 69.4 Å². The van der Waals surface area contributed by atoms with Gasteiger partial charge in [0.1, 0.15) is 18.0 Å². The van der Waals surface area contributed by atoms with Crippen LogP contribution < -0.4 is 10.6 Å². The van der Waals surface area contributed by atoms with Crippen molar-refractivity contribution in [1.82, 2.24) is 29.4 Å². The van der Waals surface area contributed by atoms with Crippen LogP contribution in [0.3, 0.4) is 0 Å². The third kappa shape index (κ3) is 5.30. The number of fused-ring (bicyclic) bond motifs is 1. The van der Waals surface area contributed by atoms with Gasteiger partial charge in [0.05, 0.1) is 39.2 Å². The normalized spacial score (nSPS) is 17.5. The smallest absolute Gasteiger partial charge is 0.407 e. The Balaban J connectivity index is 1.85. The Morgan fingerprint density at radius 2 is 1.74 bits per heavy atom. The van der Waals surface area contributed by atoms with Crippen molar-refractivity contribution in [3.8, 4) is 16.9 Å². The highest BCUT2D eigenvalue weighted by molar-refractivity contribution is 6.33. The summed E-state index contributed by atoms with van der Waals surface area (Å²) in [5.74, 6) is -0.164. The number of halogens is 2. The topological polar surface area (TPSA) is 117 Å². The maximum absolute atomic E-state index is 15.0. The van der Waals surface area contributed by atoms with E-state index in [9.17, 15) is 14.7 Å². The minimum absolute atomic E-state index is 0.182. The summed E-state index contributed by atoms with van der Waals surface area (Å²) in [6.07, 6.45) is 1.52. The first-order valence-electron chi connectivity index (χ1n) is 14.4. The molecule has 1 unspecified atom stereocenters. The van der Waals surface area contributed by atoms with Crippen molar-refractivity contribution in [2.45, 2.75) is 66.5 Å². The van der Waals surface area contributed by atoms with Crippen LogP contribution in [0, 0.1) is 11.2 Å². The summed E-state index contributed by atoms with van der Waals surface area (Å²) in [5, 5.41) is 10.6. The Kier molecular flexibility index (Phi) is 8.13. The fourth-order valence-corrected chi connectivity index (χ4v) is 6.55. The van der Waals surface area contributed by atoms with Crippen LogP contribution in [0.4, 0.5) is 15.0 Å². The molecule has 1 aromatic carbocycles. The predicted molar refractivity (Wildman–Crippen MR) is 165 cm³/mol. The lowest BCUT2D eigenvalue weighted by Crippen LogP contribution is -2.64. The molecule has 10 nitrogen and oxygen atoms in total. The Hall–Kier alpha value is -4.12. The quantitative estimate of drug-likeness (QED) is 0.304. The molecule has 4 heterocycles. The van der Waals surface area contributed by atoms with Crippen LogP contribution in [0.2, 0.25) is 5.02 Å². The van der Waals surface area contributed by atoms with E-state index in [0.29, 0.717) is 47.7 Å². The number of aryl methyl sites for hydroxylation is 2. The molecule has 1 aliphatic heterocycles. The molecule has 1 fully saturated rings. The van der Waals surface area contributed by atoms with Gasteiger partial charge in [0.25, 0.3) is 0 Å². The van der Waals surface area contributed by atoms with Crippen LogP contribution in [-0.4, -0.2) is 65.8 Å². The first kappa shape index (κ1) is 30.3. The van der Waals surface area contributed by atoms with Gasteiger partial charge in [0, 0.05) is 24.7 Å². The lowest BCUT2D eigenvalue weighted by molar-refractivity contribution is 0.0562. The number of nitrogens with zero attached hydrogens (tertiary/aromatic N) is 7. The third-order valence-corrected chi connectivity index (χ3v) is 8.36. The van der Waals surface area contributed by atoms with E-state index >= 15 is 4.39 Å². The van der Waals surface area contributed by atoms with Gasteiger partial charge in [-0.25, -0.2) is 33.5 Å². The van der Waals surface area contributed by atoms with Crippen molar-refractivity contribution in [3.63, 3.8) is 0 Å². The van der Waals surface area contributed by atoms with Gasteiger partial charge < -0.3 is 14.9 Å². The number of hydrogen-bond acceptors (Lipinski definition) is 7. The SMILES string of the molecule is CCc1ncnc(CC)c1-n1c(=O)nc(N2CCN(C(=O)O)[C@@H](C(C)(C)C)C2C)c2cc(Cl)c(-c3ccccc3F)nc21.